The number of nitrogens with zero attached hydrogens (tertiary/aromatic N) is 1. The standard InChI is InChI=1S/C14H16N2O3/c1-9-15-12-5-4-11(7-13(12)19-9)16-14(17)10-3-2-6-18-8-10/h4-5,7,10H,2-3,6,8H2,1H3,(H,16,17). The van der Waals surface area contributed by atoms with E-state index in [4.69, 9.17) is 9.15 Å². The summed E-state index contributed by atoms with van der Waals surface area (Å²) in [5.41, 5.74) is 2.23. The number of hydrogen-bond acceptors (Lipinski definition) is 4. The number of amides is 1. The lowest BCUT2D eigenvalue weighted by molar-refractivity contribution is -0.123. The van der Waals surface area contributed by atoms with Crippen molar-refractivity contribution in [1.82, 2.24) is 4.98 Å². The minimum Gasteiger partial charge on any atom is -0.441 e. The van der Waals surface area contributed by atoms with Crippen molar-refractivity contribution in [1.29, 1.82) is 0 Å². The molecule has 1 aromatic carbocycles. The van der Waals surface area contributed by atoms with Crippen LogP contribution in [-0.4, -0.2) is 24.1 Å². The Kier molecular flexibility index (Phi) is 3.21. The average molecular weight is 260 g/mol. The Morgan fingerprint density at radius 3 is 3.16 bits per heavy atom. The molecule has 5 heteroatoms. The van der Waals surface area contributed by atoms with Gasteiger partial charge in [0.1, 0.15) is 5.52 Å². The van der Waals surface area contributed by atoms with Crippen molar-refractivity contribution in [2.45, 2.75) is 19.8 Å². The molecular formula is C14H16N2O3. The van der Waals surface area contributed by atoms with Gasteiger partial charge in [-0.1, -0.05) is 0 Å². The molecule has 100 valence electrons. The van der Waals surface area contributed by atoms with Crippen LogP contribution in [0.1, 0.15) is 18.7 Å². The van der Waals surface area contributed by atoms with Gasteiger partial charge in [0.25, 0.3) is 0 Å². The zero-order valence-electron chi connectivity index (χ0n) is 10.8. The van der Waals surface area contributed by atoms with Gasteiger partial charge in [0, 0.05) is 25.3 Å². The van der Waals surface area contributed by atoms with Crippen LogP contribution in [0.5, 0.6) is 0 Å². The minimum atomic E-state index is -0.0547. The Bertz CT molecular complexity index is 600. The quantitative estimate of drug-likeness (QED) is 0.901. The van der Waals surface area contributed by atoms with Crippen molar-refractivity contribution in [3.8, 4) is 0 Å². The van der Waals surface area contributed by atoms with Crippen molar-refractivity contribution >= 4 is 22.7 Å². The van der Waals surface area contributed by atoms with E-state index in [0.29, 0.717) is 18.1 Å². The SMILES string of the molecule is Cc1nc2ccc(NC(=O)C3CCCOC3)cc2o1. The summed E-state index contributed by atoms with van der Waals surface area (Å²) in [6.07, 6.45) is 1.83. The van der Waals surface area contributed by atoms with Crippen LogP contribution in [0.15, 0.2) is 22.6 Å². The van der Waals surface area contributed by atoms with Crippen LogP contribution in [0.3, 0.4) is 0 Å². The summed E-state index contributed by atoms with van der Waals surface area (Å²) in [6.45, 7) is 3.07. The van der Waals surface area contributed by atoms with Gasteiger partial charge in [-0.3, -0.25) is 4.79 Å². The maximum Gasteiger partial charge on any atom is 0.229 e. The second-order valence-electron chi connectivity index (χ2n) is 4.82. The molecule has 1 saturated heterocycles. The molecule has 1 unspecified atom stereocenters. The number of carbonyl (C=O) groups excluding carboxylic acids is 1. The van der Waals surface area contributed by atoms with E-state index in [1.807, 2.05) is 12.1 Å². The lowest BCUT2D eigenvalue weighted by atomic mass is 10.0. The smallest absolute Gasteiger partial charge is 0.229 e. The summed E-state index contributed by atoms with van der Waals surface area (Å²) in [5, 5.41) is 2.91. The van der Waals surface area contributed by atoms with E-state index in [1.54, 1.807) is 13.0 Å². The van der Waals surface area contributed by atoms with Crippen LogP contribution >= 0.6 is 0 Å². The highest BCUT2D eigenvalue weighted by Gasteiger charge is 2.21. The summed E-state index contributed by atoms with van der Waals surface area (Å²) < 4.78 is 10.8. The Morgan fingerprint density at radius 1 is 1.47 bits per heavy atom. The zero-order valence-corrected chi connectivity index (χ0v) is 10.8. The second-order valence-corrected chi connectivity index (χ2v) is 4.82. The van der Waals surface area contributed by atoms with E-state index in [-0.39, 0.29) is 11.8 Å². The predicted molar refractivity (Wildman–Crippen MR) is 70.9 cm³/mol. The van der Waals surface area contributed by atoms with Gasteiger partial charge in [-0.05, 0) is 25.0 Å². The Morgan fingerprint density at radius 2 is 2.37 bits per heavy atom. The van der Waals surface area contributed by atoms with Crippen LogP contribution in [0.4, 0.5) is 5.69 Å². The number of aromatic nitrogens is 1. The van der Waals surface area contributed by atoms with Gasteiger partial charge in [-0.2, -0.15) is 0 Å². The topological polar surface area (TPSA) is 64.4 Å². The summed E-state index contributed by atoms with van der Waals surface area (Å²) in [7, 11) is 0. The van der Waals surface area contributed by atoms with E-state index in [9.17, 15) is 4.79 Å². The molecule has 1 aromatic heterocycles. The number of rotatable bonds is 2. The summed E-state index contributed by atoms with van der Waals surface area (Å²) >= 11 is 0. The first kappa shape index (κ1) is 12.2. The van der Waals surface area contributed by atoms with E-state index in [0.717, 1.165) is 30.7 Å². The van der Waals surface area contributed by atoms with E-state index in [2.05, 4.69) is 10.3 Å². The third kappa shape index (κ3) is 2.61. The van der Waals surface area contributed by atoms with E-state index < -0.39 is 0 Å². The average Bonchev–Trinajstić information content (AvgIpc) is 2.79. The number of benzene rings is 1. The highest BCUT2D eigenvalue weighted by atomic mass is 16.5. The third-order valence-electron chi connectivity index (χ3n) is 3.29. The first-order valence-corrected chi connectivity index (χ1v) is 6.48. The maximum atomic E-state index is 12.1. The van der Waals surface area contributed by atoms with Gasteiger partial charge < -0.3 is 14.5 Å². The number of aryl methyl sites for hydroxylation is 1. The van der Waals surface area contributed by atoms with Gasteiger partial charge in [0.2, 0.25) is 5.91 Å². The highest BCUT2D eigenvalue weighted by molar-refractivity contribution is 5.94. The third-order valence-corrected chi connectivity index (χ3v) is 3.29. The first-order chi connectivity index (χ1) is 9.22. The molecule has 5 nitrogen and oxygen atoms in total. The molecule has 3 rings (SSSR count). The molecule has 2 heterocycles. The molecule has 0 saturated carbocycles. The molecule has 0 bridgehead atoms. The zero-order chi connectivity index (χ0) is 13.2. The molecule has 0 radical (unpaired) electrons. The normalized spacial score (nSPS) is 19.5. The Hall–Kier alpha value is -1.88. The fraction of sp³-hybridized carbons (Fsp3) is 0.429. The monoisotopic (exact) mass is 260 g/mol. The number of nitrogens with one attached hydrogen (secondary N) is 1. The molecule has 1 aliphatic rings. The van der Waals surface area contributed by atoms with Crippen LogP contribution in [-0.2, 0) is 9.53 Å². The maximum absolute atomic E-state index is 12.1. The number of ether oxygens (including phenoxy) is 1. The van der Waals surface area contributed by atoms with Crippen molar-refractivity contribution in [2.75, 3.05) is 18.5 Å². The highest BCUT2D eigenvalue weighted by Crippen LogP contribution is 2.21. The molecule has 0 aliphatic carbocycles. The lowest BCUT2D eigenvalue weighted by Gasteiger charge is -2.21. The number of fused-ring (bicyclic) bond motifs is 1. The van der Waals surface area contributed by atoms with Crippen molar-refractivity contribution < 1.29 is 13.9 Å². The molecule has 1 N–H and O–H groups in total. The molecule has 1 aliphatic heterocycles. The van der Waals surface area contributed by atoms with Crippen molar-refractivity contribution in [3.63, 3.8) is 0 Å². The van der Waals surface area contributed by atoms with Crippen LogP contribution in [0.25, 0.3) is 11.1 Å². The Balaban J connectivity index is 1.74. The predicted octanol–water partition coefficient (Wildman–Crippen LogP) is 2.50. The second kappa shape index (κ2) is 5.01. The largest absolute Gasteiger partial charge is 0.441 e. The van der Waals surface area contributed by atoms with Gasteiger partial charge in [-0.15, -0.1) is 0 Å². The Labute approximate surface area is 111 Å². The van der Waals surface area contributed by atoms with Crippen LogP contribution < -0.4 is 5.32 Å². The molecule has 0 spiro atoms. The van der Waals surface area contributed by atoms with Crippen LogP contribution in [0.2, 0.25) is 0 Å². The van der Waals surface area contributed by atoms with E-state index in [1.165, 1.54) is 0 Å². The van der Waals surface area contributed by atoms with Gasteiger partial charge >= 0.3 is 0 Å². The summed E-state index contributed by atoms with van der Waals surface area (Å²) in [6, 6.07) is 5.49. The van der Waals surface area contributed by atoms with Crippen molar-refractivity contribution in [3.05, 3.63) is 24.1 Å². The fourth-order valence-corrected chi connectivity index (χ4v) is 2.31. The van der Waals surface area contributed by atoms with Gasteiger partial charge in [-0.25, -0.2) is 4.98 Å². The minimum absolute atomic E-state index is 0.00953. The molecular weight excluding hydrogens is 244 g/mol. The summed E-state index contributed by atoms with van der Waals surface area (Å²) in [4.78, 5) is 16.3. The molecule has 1 fully saturated rings. The molecule has 1 amide bonds. The number of oxazole rings is 1. The number of anilines is 1. The number of carbonyl (C=O) groups is 1. The first-order valence-electron chi connectivity index (χ1n) is 6.48. The summed E-state index contributed by atoms with van der Waals surface area (Å²) in [5.74, 6) is 0.579. The molecule has 1 atom stereocenters. The van der Waals surface area contributed by atoms with Crippen molar-refractivity contribution in [2.24, 2.45) is 5.92 Å². The van der Waals surface area contributed by atoms with Gasteiger partial charge in [0.05, 0.1) is 12.5 Å². The van der Waals surface area contributed by atoms with Gasteiger partial charge in [0.15, 0.2) is 11.5 Å². The number of hydrogen-bond donors (Lipinski definition) is 1. The molecule has 19 heavy (non-hydrogen) atoms. The molecule has 2 aromatic rings. The lowest BCUT2D eigenvalue weighted by Crippen LogP contribution is -2.30. The van der Waals surface area contributed by atoms with E-state index >= 15 is 0 Å². The van der Waals surface area contributed by atoms with Crippen LogP contribution in [0, 0.1) is 12.8 Å². The fourth-order valence-electron chi connectivity index (χ4n) is 2.31.